The van der Waals surface area contributed by atoms with Gasteiger partial charge in [0.25, 0.3) is 0 Å². The third-order valence-electron chi connectivity index (χ3n) is 6.08. The van der Waals surface area contributed by atoms with Crippen LogP contribution in [0, 0.1) is 5.82 Å². The van der Waals surface area contributed by atoms with Gasteiger partial charge in [-0.3, -0.25) is 9.69 Å². The van der Waals surface area contributed by atoms with Crippen molar-refractivity contribution in [2.24, 2.45) is 0 Å². The average molecular weight is 509 g/mol. The molecule has 1 aromatic heterocycles. The third-order valence-corrected chi connectivity index (χ3v) is 6.08. The topological polar surface area (TPSA) is 89.0 Å². The Kier molecular flexibility index (Phi) is 9.36. The summed E-state index contributed by atoms with van der Waals surface area (Å²) < 4.78 is 26.1. The first-order valence-corrected chi connectivity index (χ1v) is 12.2. The highest BCUT2D eigenvalue weighted by Crippen LogP contribution is 2.31. The summed E-state index contributed by atoms with van der Waals surface area (Å²) in [7, 11) is 1.52. The molecule has 7 nitrogen and oxygen atoms in total. The fourth-order valence-corrected chi connectivity index (χ4v) is 4.20. The van der Waals surface area contributed by atoms with Crippen LogP contribution in [0.1, 0.15) is 55.6 Å². The Labute approximate surface area is 216 Å². The van der Waals surface area contributed by atoms with Crippen molar-refractivity contribution in [1.29, 1.82) is 0 Å². The van der Waals surface area contributed by atoms with Gasteiger partial charge >= 0.3 is 11.9 Å². The lowest BCUT2D eigenvalue weighted by molar-refractivity contribution is -0.136. The van der Waals surface area contributed by atoms with Gasteiger partial charge < -0.3 is 14.6 Å². The number of pyridine rings is 1. The first-order chi connectivity index (χ1) is 17.6. The summed E-state index contributed by atoms with van der Waals surface area (Å²) in [5.74, 6) is -1.82. The number of ether oxygens (including phenoxy) is 2. The van der Waals surface area contributed by atoms with Crippen LogP contribution in [0.5, 0.6) is 11.6 Å². The number of nitrogens with zero attached hydrogens (tertiary/aromatic N) is 2. The van der Waals surface area contributed by atoms with E-state index in [0.29, 0.717) is 30.0 Å². The molecule has 0 unspecified atom stereocenters. The number of hydrogen-bond donors (Lipinski definition) is 1. The van der Waals surface area contributed by atoms with Crippen molar-refractivity contribution in [2.75, 3.05) is 7.11 Å². The highest BCUT2D eigenvalue weighted by atomic mass is 19.1. The van der Waals surface area contributed by atoms with Crippen molar-refractivity contribution in [2.45, 2.75) is 59.2 Å². The molecule has 0 radical (unpaired) electrons. The zero-order valence-electron chi connectivity index (χ0n) is 21.8. The molecule has 1 heterocycles. The molecule has 0 bridgehead atoms. The number of aryl methyl sites for hydroxylation is 1. The molecule has 0 aliphatic rings. The Hall–Kier alpha value is -3.78. The smallest absolute Gasteiger partial charge is 0.346 e. The number of aromatic nitrogens is 1. The predicted molar refractivity (Wildman–Crippen MR) is 139 cm³/mol. The van der Waals surface area contributed by atoms with E-state index in [1.807, 2.05) is 0 Å². The maximum Gasteiger partial charge on any atom is 0.346 e. The van der Waals surface area contributed by atoms with Gasteiger partial charge in [-0.2, -0.15) is 0 Å². The van der Waals surface area contributed by atoms with E-state index in [0.717, 1.165) is 11.1 Å². The first kappa shape index (κ1) is 27.8. The zero-order valence-corrected chi connectivity index (χ0v) is 21.8. The van der Waals surface area contributed by atoms with Crippen LogP contribution in [-0.4, -0.2) is 46.1 Å². The minimum Gasteiger partial charge on any atom is -0.481 e. The predicted octanol–water partition coefficient (Wildman–Crippen LogP) is 5.75. The number of methoxy groups -OCH3 is 1. The van der Waals surface area contributed by atoms with Gasteiger partial charge in [-0.05, 0) is 86.7 Å². The summed E-state index contributed by atoms with van der Waals surface area (Å²) in [6.45, 7) is 8.84. The highest BCUT2D eigenvalue weighted by Gasteiger charge is 2.22. The summed E-state index contributed by atoms with van der Waals surface area (Å²) in [4.78, 5) is 30.3. The number of benzene rings is 2. The van der Waals surface area contributed by atoms with Gasteiger partial charge in [-0.25, -0.2) is 14.2 Å². The second kappa shape index (κ2) is 12.5. The molecule has 0 aliphatic carbocycles. The molecule has 2 aromatic carbocycles. The van der Waals surface area contributed by atoms with Crippen LogP contribution < -0.4 is 9.47 Å². The number of esters is 1. The number of carboxylic acid groups (broad SMARTS) is 1. The van der Waals surface area contributed by atoms with Crippen molar-refractivity contribution in [1.82, 2.24) is 9.88 Å². The van der Waals surface area contributed by atoms with Crippen LogP contribution in [0.4, 0.5) is 4.39 Å². The maximum absolute atomic E-state index is 15.4. The monoisotopic (exact) mass is 508 g/mol. The SMILES string of the molecule is COc1cc(-c2cc(F)c(C(=O)Oc3cccc(CCC(=O)O)c3)cc2CN(C(C)C)C(C)C)ccn1. The number of carbonyl (C=O) groups is 2. The number of halogens is 1. The molecule has 0 aliphatic heterocycles. The van der Waals surface area contributed by atoms with E-state index >= 15 is 4.39 Å². The van der Waals surface area contributed by atoms with Crippen molar-refractivity contribution < 1.29 is 28.6 Å². The van der Waals surface area contributed by atoms with Crippen LogP contribution in [0.3, 0.4) is 0 Å². The Morgan fingerprint density at radius 3 is 2.43 bits per heavy atom. The van der Waals surface area contributed by atoms with Crippen molar-refractivity contribution in [3.63, 3.8) is 0 Å². The molecule has 0 fully saturated rings. The number of carboxylic acids is 1. The fourth-order valence-electron chi connectivity index (χ4n) is 4.20. The average Bonchev–Trinajstić information content (AvgIpc) is 2.86. The van der Waals surface area contributed by atoms with E-state index in [1.54, 1.807) is 48.7 Å². The molecule has 0 saturated heterocycles. The summed E-state index contributed by atoms with van der Waals surface area (Å²) in [5, 5.41) is 8.92. The van der Waals surface area contributed by atoms with Crippen LogP contribution in [0.25, 0.3) is 11.1 Å². The van der Waals surface area contributed by atoms with Gasteiger partial charge in [-0.1, -0.05) is 12.1 Å². The standard InChI is InChI=1S/C29H33FN2O5/c1-18(2)32(19(3)4)17-22-14-25(26(30)16-24(22)21-11-12-31-27(15-21)36-5)29(35)37-23-8-6-7-20(13-23)9-10-28(33)34/h6-8,11-16,18-19H,9-10,17H2,1-5H3,(H,33,34). The molecule has 0 saturated carbocycles. The van der Waals surface area contributed by atoms with E-state index in [-0.39, 0.29) is 29.8 Å². The lowest BCUT2D eigenvalue weighted by atomic mass is 9.96. The van der Waals surface area contributed by atoms with Gasteiger partial charge in [0.05, 0.1) is 12.7 Å². The normalized spacial score (nSPS) is 11.3. The fraction of sp³-hybridized carbons (Fsp3) is 0.345. The Balaban J connectivity index is 2.00. The van der Waals surface area contributed by atoms with E-state index in [9.17, 15) is 9.59 Å². The first-order valence-electron chi connectivity index (χ1n) is 12.2. The Bertz CT molecular complexity index is 1250. The van der Waals surface area contributed by atoms with Crippen molar-refractivity contribution in [3.05, 3.63) is 77.2 Å². The van der Waals surface area contributed by atoms with Crippen molar-refractivity contribution in [3.8, 4) is 22.8 Å². The summed E-state index contributed by atoms with van der Waals surface area (Å²) in [5.41, 5.74) is 2.65. The summed E-state index contributed by atoms with van der Waals surface area (Å²) in [6, 6.07) is 13.4. The Morgan fingerprint density at radius 1 is 1.05 bits per heavy atom. The van der Waals surface area contributed by atoms with E-state index in [1.165, 1.54) is 13.2 Å². The minimum absolute atomic E-state index is 0.0428. The van der Waals surface area contributed by atoms with Gasteiger partial charge in [-0.15, -0.1) is 0 Å². The zero-order chi connectivity index (χ0) is 27.1. The van der Waals surface area contributed by atoms with E-state index in [4.69, 9.17) is 14.6 Å². The van der Waals surface area contributed by atoms with Gasteiger partial charge in [0.1, 0.15) is 11.6 Å². The molecular weight excluding hydrogens is 475 g/mol. The van der Waals surface area contributed by atoms with Gasteiger partial charge in [0.15, 0.2) is 0 Å². The molecule has 0 spiro atoms. The number of aliphatic carboxylic acids is 1. The summed E-state index contributed by atoms with van der Waals surface area (Å²) in [6.07, 6.45) is 1.85. The molecule has 1 N–H and O–H groups in total. The highest BCUT2D eigenvalue weighted by molar-refractivity contribution is 5.92. The lowest BCUT2D eigenvalue weighted by Gasteiger charge is -2.31. The van der Waals surface area contributed by atoms with E-state index < -0.39 is 17.8 Å². The van der Waals surface area contributed by atoms with Gasteiger partial charge in [0, 0.05) is 37.3 Å². The second-order valence-corrected chi connectivity index (χ2v) is 9.37. The molecule has 0 amide bonds. The molecule has 196 valence electrons. The second-order valence-electron chi connectivity index (χ2n) is 9.37. The van der Waals surface area contributed by atoms with Gasteiger partial charge in [0.2, 0.25) is 5.88 Å². The molecule has 3 aromatic rings. The Morgan fingerprint density at radius 2 is 1.78 bits per heavy atom. The number of carbonyl (C=O) groups excluding carboxylic acids is 1. The molecule has 37 heavy (non-hydrogen) atoms. The number of rotatable bonds is 11. The van der Waals surface area contributed by atoms with Crippen LogP contribution in [-0.2, 0) is 17.8 Å². The summed E-state index contributed by atoms with van der Waals surface area (Å²) >= 11 is 0. The third kappa shape index (κ3) is 7.36. The number of hydrogen-bond acceptors (Lipinski definition) is 6. The van der Waals surface area contributed by atoms with Crippen LogP contribution in [0.15, 0.2) is 54.7 Å². The van der Waals surface area contributed by atoms with Crippen LogP contribution >= 0.6 is 0 Å². The van der Waals surface area contributed by atoms with Crippen LogP contribution in [0.2, 0.25) is 0 Å². The van der Waals surface area contributed by atoms with E-state index in [2.05, 4.69) is 37.6 Å². The molecule has 3 rings (SSSR count). The molecule has 8 heteroatoms. The lowest BCUT2D eigenvalue weighted by Crippen LogP contribution is -2.36. The minimum atomic E-state index is -0.916. The molecule has 0 atom stereocenters. The maximum atomic E-state index is 15.4. The molecular formula is C29H33FN2O5. The largest absolute Gasteiger partial charge is 0.481 e. The van der Waals surface area contributed by atoms with Crippen molar-refractivity contribution >= 4 is 11.9 Å². The quantitative estimate of drug-likeness (QED) is 0.261.